The van der Waals surface area contributed by atoms with Crippen LogP contribution >= 0.6 is 0 Å². The predicted octanol–water partition coefficient (Wildman–Crippen LogP) is 4.34. The Balaban J connectivity index is 1.85. The van der Waals surface area contributed by atoms with Crippen molar-refractivity contribution in [2.45, 2.75) is 26.2 Å². The highest BCUT2D eigenvalue weighted by molar-refractivity contribution is 5.94. The molecule has 34 heavy (non-hydrogen) atoms. The molecule has 8 nitrogen and oxygen atoms in total. The lowest BCUT2D eigenvalue weighted by Gasteiger charge is -2.26. The molecule has 1 atom stereocenters. The number of carbonyl (C=O) groups excluding carboxylic acids is 1. The summed E-state index contributed by atoms with van der Waals surface area (Å²) in [7, 11) is 0. The maximum atomic E-state index is 13.1. The molecule has 172 valence electrons. The molecular weight excluding hydrogens is 440 g/mol. The minimum atomic E-state index is -0.889. The van der Waals surface area contributed by atoms with Gasteiger partial charge in [-0.05, 0) is 48.7 Å². The molecule has 4 N–H and O–H groups in total. The Bertz CT molecular complexity index is 1560. The summed E-state index contributed by atoms with van der Waals surface area (Å²) in [5.74, 6) is -3.39. The van der Waals surface area contributed by atoms with Crippen molar-refractivity contribution in [1.82, 2.24) is 0 Å². The first-order valence-corrected chi connectivity index (χ1v) is 10.5. The van der Waals surface area contributed by atoms with Crippen molar-refractivity contribution >= 4 is 16.9 Å². The Morgan fingerprint density at radius 1 is 0.853 bits per heavy atom. The van der Waals surface area contributed by atoms with Crippen LogP contribution in [0.1, 0.15) is 34.6 Å². The van der Waals surface area contributed by atoms with Crippen LogP contribution in [0.3, 0.4) is 0 Å². The summed E-state index contributed by atoms with van der Waals surface area (Å²) in [5, 5.41) is 40.4. The number of esters is 1. The number of benzene rings is 3. The smallest absolute Gasteiger partial charge is 0.312 e. The summed E-state index contributed by atoms with van der Waals surface area (Å²) in [6.07, 6.45) is -0.0186. The van der Waals surface area contributed by atoms with Crippen LogP contribution < -0.4 is 10.2 Å². The van der Waals surface area contributed by atoms with E-state index in [1.54, 1.807) is 0 Å². The van der Waals surface area contributed by atoms with Crippen LogP contribution in [-0.4, -0.2) is 26.4 Å². The molecule has 1 aliphatic rings. The number of aromatic hydroxyl groups is 4. The molecule has 0 bridgehead atoms. The quantitative estimate of drug-likeness (QED) is 0.197. The van der Waals surface area contributed by atoms with Gasteiger partial charge in [0.1, 0.15) is 22.5 Å². The van der Waals surface area contributed by atoms with Crippen LogP contribution in [-0.2, 0) is 4.79 Å². The Hall–Kier alpha value is -4.46. The van der Waals surface area contributed by atoms with Gasteiger partial charge in [0.25, 0.3) is 0 Å². The molecule has 1 aromatic heterocycles. The van der Waals surface area contributed by atoms with Gasteiger partial charge in [0.15, 0.2) is 17.3 Å². The van der Waals surface area contributed by atoms with Crippen molar-refractivity contribution in [1.29, 1.82) is 0 Å². The molecule has 0 unspecified atom stereocenters. The normalized spacial score (nSPS) is 15.2. The number of fused-ring (bicyclic) bond motifs is 3. The van der Waals surface area contributed by atoms with Gasteiger partial charge in [-0.1, -0.05) is 18.2 Å². The van der Waals surface area contributed by atoms with Crippen molar-refractivity contribution in [3.8, 4) is 40.1 Å². The monoisotopic (exact) mass is 460 g/mol. The van der Waals surface area contributed by atoms with Crippen molar-refractivity contribution < 1.29 is 34.4 Å². The van der Waals surface area contributed by atoms with Crippen molar-refractivity contribution in [3.05, 3.63) is 74.9 Å². The third kappa shape index (κ3) is 3.23. The zero-order valence-corrected chi connectivity index (χ0v) is 18.2. The van der Waals surface area contributed by atoms with Crippen LogP contribution in [0, 0.1) is 13.8 Å². The standard InChI is InChI=1S/C26H20O8/c1-11-3-4-13(7-12(11)2)15-9-20(30)33-19-10-18(29)22-23(31)24(32)25(34-26(22)21(15)19)14-5-6-16(27)17(28)8-14/h3-8,10,15,27-29,32H,9H2,1-2H3/t15-/m1/s1. The summed E-state index contributed by atoms with van der Waals surface area (Å²) in [6.45, 7) is 3.92. The largest absolute Gasteiger partial charge is 0.507 e. The van der Waals surface area contributed by atoms with Gasteiger partial charge >= 0.3 is 5.97 Å². The van der Waals surface area contributed by atoms with E-state index in [2.05, 4.69) is 0 Å². The highest BCUT2D eigenvalue weighted by Crippen LogP contribution is 2.47. The van der Waals surface area contributed by atoms with E-state index >= 15 is 0 Å². The molecule has 0 saturated heterocycles. The summed E-state index contributed by atoms with van der Waals surface area (Å²) in [4.78, 5) is 25.5. The Morgan fingerprint density at radius 3 is 2.32 bits per heavy atom. The third-order valence-corrected chi connectivity index (χ3v) is 6.24. The molecule has 0 saturated carbocycles. The molecule has 0 aliphatic carbocycles. The molecular formula is C26H20O8. The van der Waals surface area contributed by atoms with Crippen molar-refractivity contribution in [3.63, 3.8) is 0 Å². The second kappa shape index (κ2) is 7.55. The van der Waals surface area contributed by atoms with E-state index in [1.165, 1.54) is 18.2 Å². The minimum absolute atomic E-state index is 0.0186. The van der Waals surface area contributed by atoms with Gasteiger partial charge in [0.05, 0.1) is 6.42 Å². The molecule has 0 radical (unpaired) electrons. The first-order valence-electron chi connectivity index (χ1n) is 10.5. The highest BCUT2D eigenvalue weighted by atomic mass is 16.5. The SMILES string of the molecule is Cc1ccc([C@H]2CC(=O)Oc3cc(O)c4c(=O)c(O)c(-c5ccc(O)c(O)c5)oc4c32)cc1C. The van der Waals surface area contributed by atoms with E-state index in [9.17, 15) is 30.0 Å². The third-order valence-electron chi connectivity index (χ3n) is 6.24. The lowest BCUT2D eigenvalue weighted by molar-refractivity contribution is -0.135. The Morgan fingerprint density at radius 2 is 1.62 bits per heavy atom. The number of hydrogen-bond acceptors (Lipinski definition) is 8. The lowest BCUT2D eigenvalue weighted by atomic mass is 9.84. The van der Waals surface area contributed by atoms with Crippen molar-refractivity contribution in [2.24, 2.45) is 0 Å². The summed E-state index contributed by atoms with van der Waals surface area (Å²) in [6, 6.07) is 10.6. The number of carbonyl (C=O) groups is 1. The van der Waals surface area contributed by atoms with E-state index in [4.69, 9.17) is 9.15 Å². The summed E-state index contributed by atoms with van der Waals surface area (Å²) >= 11 is 0. The molecule has 0 amide bonds. The predicted molar refractivity (Wildman–Crippen MR) is 123 cm³/mol. The molecule has 4 aromatic rings. The summed E-state index contributed by atoms with van der Waals surface area (Å²) < 4.78 is 11.4. The van der Waals surface area contributed by atoms with E-state index < -0.39 is 34.6 Å². The second-order valence-electron chi connectivity index (χ2n) is 8.40. The van der Waals surface area contributed by atoms with Gasteiger partial charge in [-0.25, -0.2) is 0 Å². The average Bonchev–Trinajstić information content (AvgIpc) is 2.78. The zero-order chi connectivity index (χ0) is 24.3. The van der Waals surface area contributed by atoms with Crippen LogP contribution in [0.2, 0.25) is 0 Å². The number of ether oxygens (including phenoxy) is 1. The maximum absolute atomic E-state index is 13.1. The van der Waals surface area contributed by atoms with Crippen LogP contribution in [0.15, 0.2) is 51.7 Å². The fourth-order valence-electron chi connectivity index (χ4n) is 4.31. The topological polar surface area (TPSA) is 137 Å². The van der Waals surface area contributed by atoms with E-state index in [-0.39, 0.29) is 40.2 Å². The Kier molecular flexibility index (Phi) is 4.75. The zero-order valence-electron chi connectivity index (χ0n) is 18.2. The number of phenolic OH excluding ortho intramolecular Hbond substituents is 3. The number of hydrogen-bond donors (Lipinski definition) is 4. The minimum Gasteiger partial charge on any atom is -0.507 e. The molecule has 0 spiro atoms. The lowest BCUT2D eigenvalue weighted by Crippen LogP contribution is -2.22. The van der Waals surface area contributed by atoms with E-state index in [0.717, 1.165) is 22.8 Å². The van der Waals surface area contributed by atoms with Crippen LogP contribution in [0.5, 0.6) is 28.7 Å². The first-order chi connectivity index (χ1) is 16.2. The second-order valence-corrected chi connectivity index (χ2v) is 8.40. The van der Waals surface area contributed by atoms with Crippen LogP contribution in [0.25, 0.3) is 22.3 Å². The molecule has 2 heterocycles. The first kappa shape index (κ1) is 21.4. The highest BCUT2D eigenvalue weighted by Gasteiger charge is 2.34. The average molecular weight is 460 g/mol. The van der Waals surface area contributed by atoms with Gasteiger partial charge in [-0.3, -0.25) is 9.59 Å². The van der Waals surface area contributed by atoms with Gasteiger partial charge < -0.3 is 29.6 Å². The number of aryl methyl sites for hydroxylation is 2. The molecule has 3 aromatic carbocycles. The van der Waals surface area contributed by atoms with Gasteiger partial charge in [-0.2, -0.15) is 0 Å². The van der Waals surface area contributed by atoms with Gasteiger partial charge in [0, 0.05) is 23.1 Å². The fourth-order valence-corrected chi connectivity index (χ4v) is 4.31. The number of phenols is 3. The Labute approximate surface area is 192 Å². The molecule has 8 heteroatoms. The molecule has 5 rings (SSSR count). The number of rotatable bonds is 2. The van der Waals surface area contributed by atoms with Crippen LogP contribution in [0.4, 0.5) is 0 Å². The molecule has 0 fully saturated rings. The van der Waals surface area contributed by atoms with Crippen molar-refractivity contribution in [2.75, 3.05) is 0 Å². The van der Waals surface area contributed by atoms with E-state index in [0.29, 0.717) is 5.56 Å². The van der Waals surface area contributed by atoms with E-state index in [1.807, 2.05) is 32.0 Å². The molecule has 1 aliphatic heterocycles. The van der Waals surface area contributed by atoms with Gasteiger partial charge in [-0.15, -0.1) is 0 Å². The fraction of sp³-hybridized carbons (Fsp3) is 0.154. The van der Waals surface area contributed by atoms with Gasteiger partial charge in [0.2, 0.25) is 11.2 Å². The maximum Gasteiger partial charge on any atom is 0.312 e. The summed E-state index contributed by atoms with van der Waals surface area (Å²) in [5.41, 5.74) is 2.46.